The summed E-state index contributed by atoms with van der Waals surface area (Å²) in [5.41, 5.74) is 2.17. The molecule has 0 atom stereocenters. The van der Waals surface area contributed by atoms with Crippen LogP contribution in [0, 0.1) is 11.3 Å². The second-order valence-electron chi connectivity index (χ2n) is 5.20. The number of anilines is 1. The van der Waals surface area contributed by atoms with E-state index in [1.54, 1.807) is 0 Å². The Morgan fingerprint density at radius 2 is 1.65 bits per heavy atom. The molecule has 2 heteroatoms. The molecule has 1 aliphatic carbocycles. The van der Waals surface area contributed by atoms with Crippen molar-refractivity contribution in [2.45, 2.75) is 37.5 Å². The molecule has 1 aromatic rings. The second-order valence-corrected chi connectivity index (χ2v) is 5.20. The number of hydrogen-bond acceptors (Lipinski definition) is 2. The average molecular weight is 228 g/mol. The topological polar surface area (TPSA) is 27.0 Å². The fraction of sp³-hybridized carbons (Fsp3) is 0.533. The van der Waals surface area contributed by atoms with Gasteiger partial charge in [0.2, 0.25) is 0 Å². The van der Waals surface area contributed by atoms with Gasteiger partial charge in [0, 0.05) is 19.8 Å². The Balaban J connectivity index is 2.29. The zero-order chi connectivity index (χ0) is 12.3. The predicted octanol–water partition coefficient (Wildman–Crippen LogP) is 3.48. The van der Waals surface area contributed by atoms with Crippen LogP contribution in [0.2, 0.25) is 0 Å². The first-order valence-electron chi connectivity index (χ1n) is 6.37. The Morgan fingerprint density at radius 3 is 2.12 bits per heavy atom. The van der Waals surface area contributed by atoms with Crippen molar-refractivity contribution in [2.24, 2.45) is 0 Å². The van der Waals surface area contributed by atoms with Gasteiger partial charge in [0.15, 0.2) is 0 Å². The summed E-state index contributed by atoms with van der Waals surface area (Å²) in [6.07, 6.45) is 5.68. The molecule has 2 rings (SSSR count). The molecule has 0 spiro atoms. The standard InChI is InChI=1S/C15H20N2/c1-17(2)14-8-6-13(7-9-14)15(12-16)10-4-3-5-11-15/h6-9H,3-5,10-11H2,1-2H3. The van der Waals surface area contributed by atoms with Crippen molar-refractivity contribution in [3.05, 3.63) is 29.8 Å². The van der Waals surface area contributed by atoms with Crippen LogP contribution in [-0.4, -0.2) is 14.1 Å². The molecule has 1 fully saturated rings. The van der Waals surface area contributed by atoms with Crippen LogP contribution >= 0.6 is 0 Å². The first-order chi connectivity index (χ1) is 8.18. The highest BCUT2D eigenvalue weighted by atomic mass is 15.1. The summed E-state index contributed by atoms with van der Waals surface area (Å²) in [6, 6.07) is 11.1. The Labute approximate surface area is 104 Å². The number of hydrogen-bond donors (Lipinski definition) is 0. The van der Waals surface area contributed by atoms with Gasteiger partial charge in [0.05, 0.1) is 11.5 Å². The number of benzene rings is 1. The van der Waals surface area contributed by atoms with Crippen LogP contribution in [0.4, 0.5) is 5.69 Å². The predicted molar refractivity (Wildman–Crippen MR) is 71.1 cm³/mol. The maximum absolute atomic E-state index is 9.51. The molecule has 0 bridgehead atoms. The van der Waals surface area contributed by atoms with E-state index in [9.17, 15) is 5.26 Å². The van der Waals surface area contributed by atoms with E-state index in [2.05, 4.69) is 35.2 Å². The third-order valence-corrected chi connectivity index (χ3v) is 3.86. The maximum atomic E-state index is 9.51. The molecular weight excluding hydrogens is 208 g/mol. The summed E-state index contributed by atoms with van der Waals surface area (Å²) in [5, 5.41) is 9.51. The van der Waals surface area contributed by atoms with E-state index in [4.69, 9.17) is 0 Å². The summed E-state index contributed by atoms with van der Waals surface area (Å²) in [6.45, 7) is 0. The normalized spacial score (nSPS) is 18.4. The number of nitrogens with zero attached hydrogens (tertiary/aromatic N) is 2. The van der Waals surface area contributed by atoms with Gasteiger partial charge >= 0.3 is 0 Å². The molecule has 2 nitrogen and oxygen atoms in total. The molecule has 0 heterocycles. The van der Waals surface area contributed by atoms with Crippen LogP contribution in [0.1, 0.15) is 37.7 Å². The number of nitriles is 1. The Bertz CT molecular complexity index is 406. The molecule has 0 aromatic heterocycles. The lowest BCUT2D eigenvalue weighted by Gasteiger charge is -2.31. The van der Waals surface area contributed by atoms with Crippen molar-refractivity contribution in [1.29, 1.82) is 5.26 Å². The minimum atomic E-state index is -0.219. The summed E-state index contributed by atoms with van der Waals surface area (Å²) in [7, 11) is 4.07. The quantitative estimate of drug-likeness (QED) is 0.775. The molecule has 1 saturated carbocycles. The average Bonchev–Trinajstić information content (AvgIpc) is 2.39. The maximum Gasteiger partial charge on any atom is 0.0822 e. The summed E-state index contributed by atoms with van der Waals surface area (Å²) in [4.78, 5) is 2.09. The van der Waals surface area contributed by atoms with E-state index >= 15 is 0 Å². The van der Waals surface area contributed by atoms with Gasteiger partial charge in [-0.3, -0.25) is 0 Å². The Hall–Kier alpha value is -1.49. The van der Waals surface area contributed by atoms with Crippen LogP contribution in [0.15, 0.2) is 24.3 Å². The SMILES string of the molecule is CN(C)c1ccc(C2(C#N)CCCCC2)cc1. The third-order valence-electron chi connectivity index (χ3n) is 3.86. The van der Waals surface area contributed by atoms with Crippen LogP contribution in [-0.2, 0) is 5.41 Å². The Kier molecular flexibility index (Phi) is 3.38. The third kappa shape index (κ3) is 2.29. The molecule has 0 radical (unpaired) electrons. The molecule has 1 aromatic carbocycles. The molecule has 90 valence electrons. The Morgan fingerprint density at radius 1 is 1.06 bits per heavy atom. The fourth-order valence-corrected chi connectivity index (χ4v) is 2.70. The van der Waals surface area contributed by atoms with Gasteiger partial charge in [-0.05, 0) is 30.5 Å². The van der Waals surface area contributed by atoms with Gasteiger partial charge in [-0.2, -0.15) is 5.26 Å². The lowest BCUT2D eigenvalue weighted by atomic mass is 9.70. The van der Waals surface area contributed by atoms with E-state index in [0.717, 1.165) is 12.8 Å². The molecule has 1 aliphatic rings. The molecule has 0 unspecified atom stereocenters. The van der Waals surface area contributed by atoms with Crippen LogP contribution in [0.5, 0.6) is 0 Å². The summed E-state index contributed by atoms with van der Waals surface area (Å²) >= 11 is 0. The molecule has 0 N–H and O–H groups in total. The lowest BCUT2D eigenvalue weighted by Crippen LogP contribution is -2.27. The highest BCUT2D eigenvalue weighted by molar-refractivity contribution is 5.48. The van der Waals surface area contributed by atoms with Gasteiger partial charge in [-0.15, -0.1) is 0 Å². The second kappa shape index (κ2) is 4.79. The van der Waals surface area contributed by atoms with Gasteiger partial charge in [0.1, 0.15) is 0 Å². The minimum Gasteiger partial charge on any atom is -0.378 e. The zero-order valence-corrected chi connectivity index (χ0v) is 10.7. The van der Waals surface area contributed by atoms with E-state index < -0.39 is 0 Å². The van der Waals surface area contributed by atoms with Gasteiger partial charge in [-0.1, -0.05) is 31.4 Å². The van der Waals surface area contributed by atoms with Gasteiger partial charge < -0.3 is 4.90 Å². The smallest absolute Gasteiger partial charge is 0.0822 e. The zero-order valence-electron chi connectivity index (χ0n) is 10.7. The van der Waals surface area contributed by atoms with E-state index in [1.165, 1.54) is 30.5 Å². The van der Waals surface area contributed by atoms with E-state index in [0.29, 0.717) is 0 Å². The molecule has 0 aliphatic heterocycles. The van der Waals surface area contributed by atoms with Crippen molar-refractivity contribution in [2.75, 3.05) is 19.0 Å². The minimum absolute atomic E-state index is 0.219. The largest absolute Gasteiger partial charge is 0.378 e. The van der Waals surface area contributed by atoms with Crippen molar-refractivity contribution >= 4 is 5.69 Å². The summed E-state index contributed by atoms with van der Waals surface area (Å²) in [5.74, 6) is 0. The number of rotatable bonds is 2. The van der Waals surface area contributed by atoms with Crippen LogP contribution in [0.3, 0.4) is 0 Å². The van der Waals surface area contributed by atoms with E-state index in [-0.39, 0.29) is 5.41 Å². The first kappa shape index (κ1) is 12.0. The lowest BCUT2D eigenvalue weighted by molar-refractivity contribution is 0.366. The van der Waals surface area contributed by atoms with Crippen LogP contribution < -0.4 is 4.90 Å². The molecule has 0 amide bonds. The summed E-state index contributed by atoms with van der Waals surface area (Å²) < 4.78 is 0. The van der Waals surface area contributed by atoms with Crippen LogP contribution in [0.25, 0.3) is 0 Å². The van der Waals surface area contributed by atoms with Crippen molar-refractivity contribution in [3.63, 3.8) is 0 Å². The fourth-order valence-electron chi connectivity index (χ4n) is 2.70. The molecular formula is C15H20N2. The highest BCUT2D eigenvalue weighted by Crippen LogP contribution is 2.39. The van der Waals surface area contributed by atoms with Crippen molar-refractivity contribution in [3.8, 4) is 6.07 Å². The van der Waals surface area contributed by atoms with E-state index in [1.807, 2.05) is 14.1 Å². The van der Waals surface area contributed by atoms with Gasteiger partial charge in [-0.25, -0.2) is 0 Å². The molecule has 17 heavy (non-hydrogen) atoms. The van der Waals surface area contributed by atoms with Crippen molar-refractivity contribution in [1.82, 2.24) is 0 Å². The van der Waals surface area contributed by atoms with Gasteiger partial charge in [0.25, 0.3) is 0 Å². The highest BCUT2D eigenvalue weighted by Gasteiger charge is 2.33. The first-order valence-corrected chi connectivity index (χ1v) is 6.37. The van der Waals surface area contributed by atoms with Crippen molar-refractivity contribution < 1.29 is 0 Å². The monoisotopic (exact) mass is 228 g/mol. The molecule has 0 saturated heterocycles.